The normalized spacial score (nSPS) is 13.4. The summed E-state index contributed by atoms with van der Waals surface area (Å²) in [6.07, 6.45) is 7.00. The van der Waals surface area contributed by atoms with E-state index in [0.29, 0.717) is 29.7 Å². The molecule has 0 amide bonds. The van der Waals surface area contributed by atoms with Crippen LogP contribution < -0.4 is 26.4 Å². The number of aromatic nitrogens is 3. The molecular formula is C31H29F2N5O5. The number of benzene rings is 2. The van der Waals surface area contributed by atoms with Gasteiger partial charge in [-0.2, -0.15) is 4.98 Å². The van der Waals surface area contributed by atoms with E-state index < -0.39 is 34.2 Å². The summed E-state index contributed by atoms with van der Waals surface area (Å²) >= 11 is 0. The summed E-state index contributed by atoms with van der Waals surface area (Å²) in [4.78, 5) is 32.7. The van der Waals surface area contributed by atoms with E-state index >= 15 is 8.78 Å². The maximum Gasteiger partial charge on any atom is 0.341 e. The number of rotatable bonds is 6. The van der Waals surface area contributed by atoms with Crippen LogP contribution in [0, 0.1) is 23.5 Å². The van der Waals surface area contributed by atoms with E-state index in [-0.39, 0.29) is 46.4 Å². The Kier molecular flexibility index (Phi) is 8.16. The molecule has 0 radical (unpaired) electrons. The van der Waals surface area contributed by atoms with Crippen LogP contribution in [0.25, 0.3) is 10.9 Å². The number of carbonyl (C=O) groups is 1. The number of hydrogen-bond donors (Lipinski definition) is 3. The van der Waals surface area contributed by atoms with Gasteiger partial charge in [0.1, 0.15) is 17.2 Å². The Morgan fingerprint density at radius 1 is 1.12 bits per heavy atom. The smallest absolute Gasteiger partial charge is 0.341 e. The van der Waals surface area contributed by atoms with Crippen LogP contribution >= 0.6 is 0 Å². The fourth-order valence-corrected chi connectivity index (χ4v) is 5.49. The number of carboxylic acid groups (broad SMARTS) is 1. The van der Waals surface area contributed by atoms with Crippen molar-refractivity contribution in [3.63, 3.8) is 0 Å². The third-order valence-electron chi connectivity index (χ3n) is 7.58. The highest BCUT2D eigenvalue weighted by Gasteiger charge is 2.25. The minimum absolute atomic E-state index is 0.0349. The number of methoxy groups -OCH3 is 2. The Labute approximate surface area is 245 Å². The number of pyridine rings is 1. The van der Waals surface area contributed by atoms with Crippen molar-refractivity contribution in [1.29, 1.82) is 0 Å². The predicted octanol–water partition coefficient (Wildman–Crippen LogP) is 4.45. The molecule has 1 fully saturated rings. The second-order valence-corrected chi connectivity index (χ2v) is 10.3. The van der Waals surface area contributed by atoms with Gasteiger partial charge in [0, 0.05) is 30.4 Å². The van der Waals surface area contributed by atoms with Crippen molar-refractivity contribution in [3.05, 3.63) is 80.3 Å². The zero-order valence-electron chi connectivity index (χ0n) is 23.5. The molecular weight excluding hydrogens is 560 g/mol. The lowest BCUT2D eigenvalue weighted by Gasteiger charge is -2.27. The van der Waals surface area contributed by atoms with Crippen molar-refractivity contribution < 1.29 is 28.2 Å². The lowest BCUT2D eigenvalue weighted by atomic mass is 9.94. The average Bonchev–Trinajstić information content (AvgIpc) is 2.99. The van der Waals surface area contributed by atoms with Crippen LogP contribution in [-0.4, -0.2) is 39.8 Å². The summed E-state index contributed by atoms with van der Waals surface area (Å²) < 4.78 is 44.0. The van der Waals surface area contributed by atoms with Gasteiger partial charge in [-0.05, 0) is 36.6 Å². The van der Waals surface area contributed by atoms with Crippen molar-refractivity contribution in [2.75, 3.05) is 25.7 Å². The molecule has 222 valence electrons. The monoisotopic (exact) mass is 589 g/mol. The highest BCUT2D eigenvalue weighted by atomic mass is 19.1. The molecule has 43 heavy (non-hydrogen) atoms. The number of anilines is 2. The van der Waals surface area contributed by atoms with Gasteiger partial charge >= 0.3 is 5.97 Å². The molecule has 0 saturated heterocycles. The number of aromatic carboxylic acids is 1. The van der Waals surface area contributed by atoms with Gasteiger partial charge in [-0.15, -0.1) is 0 Å². The quantitative estimate of drug-likeness (QED) is 0.277. The molecule has 0 bridgehead atoms. The number of hydrogen-bond acceptors (Lipinski definition) is 8. The molecule has 0 aliphatic heterocycles. The number of halogens is 2. The predicted molar refractivity (Wildman–Crippen MR) is 156 cm³/mol. The first kappa shape index (κ1) is 29.3. The third kappa shape index (κ3) is 5.66. The summed E-state index contributed by atoms with van der Waals surface area (Å²) in [5.74, 6) is 2.57. The molecule has 1 aliphatic rings. The van der Waals surface area contributed by atoms with Crippen molar-refractivity contribution >= 4 is 28.6 Å². The van der Waals surface area contributed by atoms with Crippen LogP contribution in [0.5, 0.6) is 11.5 Å². The summed E-state index contributed by atoms with van der Waals surface area (Å²) in [6, 6.07) is 3.98. The molecule has 5 rings (SSSR count). The zero-order chi connectivity index (χ0) is 30.8. The number of nitrogen functional groups attached to an aromatic ring is 2. The molecule has 12 heteroatoms. The zero-order valence-corrected chi connectivity index (χ0v) is 23.5. The fraction of sp³-hybridized carbons (Fsp3) is 0.290. The van der Waals surface area contributed by atoms with Crippen molar-refractivity contribution in [2.45, 2.75) is 44.6 Å². The largest absolute Gasteiger partial charge is 0.493 e. The van der Waals surface area contributed by atoms with Gasteiger partial charge in [0.15, 0.2) is 17.3 Å². The highest BCUT2D eigenvalue weighted by Crippen LogP contribution is 2.35. The van der Waals surface area contributed by atoms with E-state index in [1.165, 1.54) is 25.0 Å². The highest BCUT2D eigenvalue weighted by molar-refractivity contribution is 5.93. The molecule has 5 N–H and O–H groups in total. The summed E-state index contributed by atoms with van der Waals surface area (Å²) in [7, 11) is 2.85. The summed E-state index contributed by atoms with van der Waals surface area (Å²) in [6.45, 7) is 0. The maximum atomic E-state index is 16.2. The number of nitrogens with zero attached hydrogens (tertiary/aromatic N) is 3. The average molecular weight is 590 g/mol. The Morgan fingerprint density at radius 2 is 1.86 bits per heavy atom. The number of ether oxygens (including phenoxy) is 2. The molecule has 2 aromatic heterocycles. The van der Waals surface area contributed by atoms with Crippen LogP contribution in [0.3, 0.4) is 0 Å². The van der Waals surface area contributed by atoms with Crippen molar-refractivity contribution in [1.82, 2.24) is 14.5 Å². The lowest BCUT2D eigenvalue weighted by molar-refractivity contribution is 0.0694. The van der Waals surface area contributed by atoms with Gasteiger partial charge in [-0.1, -0.05) is 31.1 Å². The standard InChI is InChI=1S/C31H29F2N5O5/c1-42-24-12-16(11-18-14-36-31(35)37-29(18)34)10-17(28(24)43-2)8-9-20-23(32)13-21-26(25(20)33)38(19-6-4-3-5-7-19)15-22(27(21)39)30(40)41/h10,12-15,19H,3-7,11H2,1-2H3,(H,40,41)(H4,34,35,36,37). The number of nitrogens with two attached hydrogens (primary N) is 2. The van der Waals surface area contributed by atoms with E-state index in [2.05, 4.69) is 21.8 Å². The minimum atomic E-state index is -1.46. The van der Waals surface area contributed by atoms with Crippen LogP contribution in [0.2, 0.25) is 0 Å². The third-order valence-corrected chi connectivity index (χ3v) is 7.58. The SMILES string of the molecule is COc1cc(Cc2cnc(N)nc2N)cc(C#Cc2c(F)cc3c(=O)c(C(=O)O)cn(C4CCCCC4)c3c2F)c1OC. The molecule has 1 aliphatic carbocycles. The molecule has 1 saturated carbocycles. The number of carboxylic acids is 1. The molecule has 2 heterocycles. The van der Waals surface area contributed by atoms with Gasteiger partial charge in [0.2, 0.25) is 11.4 Å². The summed E-state index contributed by atoms with van der Waals surface area (Å²) in [5, 5.41) is 9.27. The number of fused-ring (bicyclic) bond motifs is 1. The first-order valence-electron chi connectivity index (χ1n) is 13.6. The van der Waals surface area contributed by atoms with Crippen molar-refractivity contribution in [3.8, 4) is 23.3 Å². The first-order chi connectivity index (χ1) is 20.6. The second kappa shape index (κ2) is 12.0. The molecule has 0 unspecified atom stereocenters. The Balaban J connectivity index is 1.67. The first-order valence-corrected chi connectivity index (χ1v) is 13.6. The Bertz CT molecular complexity index is 1870. The fourth-order valence-electron chi connectivity index (χ4n) is 5.49. The molecule has 10 nitrogen and oxygen atoms in total. The minimum Gasteiger partial charge on any atom is -0.493 e. The van der Waals surface area contributed by atoms with Crippen LogP contribution in [-0.2, 0) is 6.42 Å². The summed E-state index contributed by atoms with van der Waals surface area (Å²) in [5.41, 5.74) is 10.9. The Morgan fingerprint density at radius 3 is 2.51 bits per heavy atom. The van der Waals surface area contributed by atoms with Crippen LogP contribution in [0.15, 0.2) is 35.4 Å². The molecule has 2 aromatic carbocycles. The van der Waals surface area contributed by atoms with Crippen molar-refractivity contribution in [2.24, 2.45) is 0 Å². The second-order valence-electron chi connectivity index (χ2n) is 10.3. The van der Waals surface area contributed by atoms with Crippen LogP contribution in [0.1, 0.15) is 70.8 Å². The van der Waals surface area contributed by atoms with E-state index in [4.69, 9.17) is 20.9 Å². The van der Waals surface area contributed by atoms with Gasteiger partial charge in [-0.25, -0.2) is 18.6 Å². The van der Waals surface area contributed by atoms with Gasteiger partial charge < -0.3 is 30.6 Å². The van der Waals surface area contributed by atoms with E-state index in [1.54, 1.807) is 12.1 Å². The van der Waals surface area contributed by atoms with E-state index in [9.17, 15) is 14.7 Å². The van der Waals surface area contributed by atoms with E-state index in [0.717, 1.165) is 31.5 Å². The van der Waals surface area contributed by atoms with Gasteiger partial charge in [0.25, 0.3) is 0 Å². The lowest BCUT2D eigenvalue weighted by Crippen LogP contribution is -2.23. The molecule has 4 aromatic rings. The van der Waals surface area contributed by atoms with Gasteiger partial charge in [-0.3, -0.25) is 4.79 Å². The van der Waals surface area contributed by atoms with E-state index in [1.807, 2.05) is 0 Å². The van der Waals surface area contributed by atoms with Gasteiger partial charge in [0.05, 0.1) is 36.2 Å². The maximum absolute atomic E-state index is 16.2. The Hall–Kier alpha value is -5.18. The molecule has 0 atom stereocenters. The topological polar surface area (TPSA) is 156 Å². The molecule has 0 spiro atoms. The van der Waals surface area contributed by atoms with Crippen LogP contribution in [0.4, 0.5) is 20.5 Å².